The van der Waals surface area contributed by atoms with E-state index >= 15 is 0 Å². The Kier molecular flexibility index (Phi) is 5.66. The molecule has 0 aromatic carbocycles. The topological polar surface area (TPSA) is 43.4 Å². The van der Waals surface area contributed by atoms with Gasteiger partial charge in [0.2, 0.25) is 11.6 Å². The van der Waals surface area contributed by atoms with Crippen molar-refractivity contribution < 1.29 is 14.3 Å². The summed E-state index contributed by atoms with van der Waals surface area (Å²) >= 11 is 0. The van der Waals surface area contributed by atoms with Crippen LogP contribution in [0.4, 0.5) is 0 Å². The highest BCUT2D eigenvalue weighted by molar-refractivity contribution is 6.50. The molecule has 0 aromatic rings. The highest BCUT2D eigenvalue weighted by Gasteiger charge is 2.40. The predicted octanol–water partition coefficient (Wildman–Crippen LogP) is 5.16. The normalized spacial score (nSPS) is 23.6. The Morgan fingerprint density at radius 3 is 2.40 bits per heavy atom. The van der Waals surface area contributed by atoms with Gasteiger partial charge < -0.3 is 4.74 Å². The van der Waals surface area contributed by atoms with Crippen molar-refractivity contribution in [1.29, 1.82) is 0 Å². The number of carbonyl (C=O) groups excluding carboxylic acids is 2. The van der Waals surface area contributed by atoms with Crippen LogP contribution in [0.15, 0.2) is 57.9 Å². The zero-order valence-corrected chi connectivity index (χ0v) is 16.2. The number of Topliss-reactive ketones (excluding diaryl/α,β-unsaturated/α-hetero) is 2. The summed E-state index contributed by atoms with van der Waals surface area (Å²) in [5, 5.41) is 0. The summed E-state index contributed by atoms with van der Waals surface area (Å²) in [4.78, 5) is 24.7. The summed E-state index contributed by atoms with van der Waals surface area (Å²) in [6.45, 7) is 11.9. The molecule has 0 saturated carbocycles. The largest absolute Gasteiger partial charge is 0.483 e. The lowest BCUT2D eigenvalue weighted by molar-refractivity contribution is -0.133. The van der Waals surface area contributed by atoms with E-state index in [0.29, 0.717) is 36.2 Å². The van der Waals surface area contributed by atoms with E-state index in [4.69, 9.17) is 4.74 Å². The molecular weight excluding hydrogens is 312 g/mol. The van der Waals surface area contributed by atoms with Crippen molar-refractivity contribution in [2.45, 2.75) is 66.4 Å². The zero-order chi connectivity index (χ0) is 18.8. The minimum absolute atomic E-state index is 0.386. The van der Waals surface area contributed by atoms with Crippen molar-refractivity contribution in [1.82, 2.24) is 0 Å². The zero-order valence-electron chi connectivity index (χ0n) is 16.2. The van der Waals surface area contributed by atoms with E-state index in [-0.39, 0.29) is 5.78 Å². The van der Waals surface area contributed by atoms with Crippen molar-refractivity contribution in [3.8, 4) is 0 Å². The van der Waals surface area contributed by atoms with Gasteiger partial charge in [0.15, 0.2) is 0 Å². The second-order valence-electron chi connectivity index (χ2n) is 7.57. The van der Waals surface area contributed by atoms with E-state index in [1.54, 1.807) is 6.92 Å². The van der Waals surface area contributed by atoms with E-state index in [0.717, 1.165) is 5.57 Å². The average molecular weight is 340 g/mol. The van der Waals surface area contributed by atoms with Crippen LogP contribution in [0, 0.1) is 0 Å². The fraction of sp³-hybridized carbons (Fsp3) is 0.455. The first-order valence-corrected chi connectivity index (χ1v) is 8.82. The van der Waals surface area contributed by atoms with E-state index in [9.17, 15) is 9.59 Å². The monoisotopic (exact) mass is 340 g/mol. The number of rotatable bonds is 4. The maximum absolute atomic E-state index is 12.4. The van der Waals surface area contributed by atoms with Gasteiger partial charge in [0, 0.05) is 16.7 Å². The standard InChI is InChI=1S/C22H28O3/c1-14(2)8-7-12-22(6)13-11-18-20(24)19(23)16(5)17(21(18)25-22)10-9-15(3)4/h7-9,12H,10-11,13H2,1-6H3/b12-7+/t22-/m1/s1. The fourth-order valence-electron chi connectivity index (χ4n) is 3.02. The molecule has 0 radical (unpaired) electrons. The van der Waals surface area contributed by atoms with Gasteiger partial charge in [-0.1, -0.05) is 29.4 Å². The van der Waals surface area contributed by atoms with Gasteiger partial charge in [0.05, 0.1) is 0 Å². The highest BCUT2D eigenvalue weighted by Crippen LogP contribution is 2.41. The quantitative estimate of drug-likeness (QED) is 0.307. The number of hydrogen-bond donors (Lipinski definition) is 0. The van der Waals surface area contributed by atoms with Crippen LogP contribution in [0.25, 0.3) is 0 Å². The molecule has 0 saturated heterocycles. The Bertz CT molecular complexity index is 748. The SMILES string of the molecule is CC(C)=C/C=C/[C@]1(C)CCC2=C(O1)C(CC=C(C)C)=C(C)C(=O)C2=O. The maximum Gasteiger partial charge on any atom is 0.232 e. The van der Waals surface area contributed by atoms with Gasteiger partial charge in [0.25, 0.3) is 0 Å². The van der Waals surface area contributed by atoms with Gasteiger partial charge in [-0.05, 0) is 66.9 Å². The molecule has 0 N–H and O–H groups in total. The Morgan fingerprint density at radius 2 is 1.80 bits per heavy atom. The molecule has 0 amide bonds. The van der Waals surface area contributed by atoms with Crippen molar-refractivity contribution >= 4 is 11.6 Å². The van der Waals surface area contributed by atoms with Crippen LogP contribution in [0.2, 0.25) is 0 Å². The van der Waals surface area contributed by atoms with Crippen molar-refractivity contribution in [3.63, 3.8) is 0 Å². The van der Waals surface area contributed by atoms with E-state index < -0.39 is 11.4 Å². The minimum Gasteiger partial charge on any atom is -0.483 e. The van der Waals surface area contributed by atoms with Crippen LogP contribution in [0.3, 0.4) is 0 Å². The Balaban J connectivity index is 2.42. The van der Waals surface area contributed by atoms with E-state index in [1.165, 1.54) is 11.1 Å². The Labute approximate surface area is 150 Å². The lowest BCUT2D eigenvalue weighted by Gasteiger charge is -2.37. The third-order valence-electron chi connectivity index (χ3n) is 4.62. The van der Waals surface area contributed by atoms with Crippen LogP contribution < -0.4 is 0 Å². The smallest absolute Gasteiger partial charge is 0.232 e. The van der Waals surface area contributed by atoms with Crippen LogP contribution in [-0.4, -0.2) is 17.2 Å². The van der Waals surface area contributed by atoms with Gasteiger partial charge in [-0.2, -0.15) is 0 Å². The van der Waals surface area contributed by atoms with Crippen LogP contribution in [-0.2, 0) is 14.3 Å². The third kappa shape index (κ3) is 4.28. The third-order valence-corrected chi connectivity index (χ3v) is 4.62. The molecule has 0 unspecified atom stereocenters. The highest BCUT2D eigenvalue weighted by atomic mass is 16.5. The van der Waals surface area contributed by atoms with Crippen molar-refractivity contribution in [2.24, 2.45) is 0 Å². The number of allylic oxidation sites excluding steroid dienone is 8. The Hall–Kier alpha value is -2.16. The molecule has 0 spiro atoms. The summed E-state index contributed by atoms with van der Waals surface area (Å²) in [5.41, 5.74) is 3.83. The lowest BCUT2D eigenvalue weighted by atomic mass is 9.81. The fourth-order valence-corrected chi connectivity index (χ4v) is 3.02. The molecule has 0 fully saturated rings. The van der Waals surface area contributed by atoms with Crippen molar-refractivity contribution in [3.05, 3.63) is 57.9 Å². The summed E-state index contributed by atoms with van der Waals surface area (Å²) in [6, 6.07) is 0. The van der Waals surface area contributed by atoms with Gasteiger partial charge in [-0.3, -0.25) is 9.59 Å². The number of ether oxygens (including phenoxy) is 1. The molecule has 1 aliphatic heterocycles. The minimum atomic E-state index is -0.470. The van der Waals surface area contributed by atoms with Gasteiger partial charge in [-0.25, -0.2) is 0 Å². The first-order chi connectivity index (χ1) is 11.6. The molecule has 1 atom stereocenters. The lowest BCUT2D eigenvalue weighted by Crippen LogP contribution is -2.36. The summed E-state index contributed by atoms with van der Waals surface area (Å²) in [5.74, 6) is -0.165. The van der Waals surface area contributed by atoms with Crippen LogP contribution >= 0.6 is 0 Å². The van der Waals surface area contributed by atoms with Gasteiger partial charge >= 0.3 is 0 Å². The average Bonchev–Trinajstić information content (AvgIpc) is 2.52. The molecule has 1 aliphatic carbocycles. The van der Waals surface area contributed by atoms with Crippen molar-refractivity contribution in [2.75, 3.05) is 0 Å². The second-order valence-corrected chi connectivity index (χ2v) is 7.57. The molecule has 25 heavy (non-hydrogen) atoms. The van der Waals surface area contributed by atoms with Crippen LogP contribution in [0.5, 0.6) is 0 Å². The van der Waals surface area contributed by atoms with Gasteiger partial charge in [-0.15, -0.1) is 0 Å². The predicted molar refractivity (Wildman–Crippen MR) is 101 cm³/mol. The van der Waals surface area contributed by atoms with E-state index in [2.05, 4.69) is 6.08 Å². The molecule has 3 heteroatoms. The maximum atomic E-state index is 12.4. The molecule has 2 rings (SSSR count). The number of ketones is 2. The first kappa shape index (κ1) is 19.2. The molecule has 134 valence electrons. The number of hydrogen-bond acceptors (Lipinski definition) is 3. The van der Waals surface area contributed by atoms with Crippen LogP contribution in [0.1, 0.15) is 60.8 Å². The molecular formula is C22H28O3. The molecule has 0 aromatic heterocycles. The molecule has 3 nitrogen and oxygen atoms in total. The molecule has 2 aliphatic rings. The molecule has 1 heterocycles. The number of carbonyl (C=O) groups is 2. The van der Waals surface area contributed by atoms with Gasteiger partial charge in [0.1, 0.15) is 11.4 Å². The summed E-state index contributed by atoms with van der Waals surface area (Å²) in [7, 11) is 0. The summed E-state index contributed by atoms with van der Waals surface area (Å²) < 4.78 is 6.30. The second kappa shape index (κ2) is 7.38. The summed E-state index contributed by atoms with van der Waals surface area (Å²) in [6.07, 6.45) is 10.0. The Morgan fingerprint density at radius 1 is 1.12 bits per heavy atom. The van der Waals surface area contributed by atoms with E-state index in [1.807, 2.05) is 52.8 Å². The molecule has 0 bridgehead atoms. The first-order valence-electron chi connectivity index (χ1n) is 8.82.